The first-order chi connectivity index (χ1) is 18.3. The predicted molar refractivity (Wildman–Crippen MR) is 142 cm³/mol. The van der Waals surface area contributed by atoms with Crippen LogP contribution in [0.5, 0.6) is 11.5 Å². The second-order valence-electron chi connectivity index (χ2n) is 8.21. The number of nitro benzene ring substituents is 1. The molecule has 0 saturated heterocycles. The quantitative estimate of drug-likeness (QED) is 0.0831. The Kier molecular flexibility index (Phi) is 7.45. The standard InChI is InChI=1S/C29H21N3O6/c1-18-10-12-22(32(35)36)16-25(18)31-28(33)21(17-30)14-19-11-13-26(27(15-19)37-2)38-29(34)24-9-5-7-20-6-3-4-8-23(20)24/h3-16H,1-2H3,(H,31,33)/b21-14+. The Hall–Kier alpha value is -5.49. The summed E-state index contributed by atoms with van der Waals surface area (Å²) < 4.78 is 11.0. The van der Waals surface area contributed by atoms with E-state index in [1.54, 1.807) is 25.1 Å². The molecule has 9 heteroatoms. The monoisotopic (exact) mass is 507 g/mol. The molecule has 0 aliphatic heterocycles. The van der Waals surface area contributed by atoms with Gasteiger partial charge in [-0.1, -0.05) is 48.5 Å². The molecule has 1 amide bonds. The molecule has 0 saturated carbocycles. The van der Waals surface area contributed by atoms with Crippen molar-refractivity contribution in [3.63, 3.8) is 0 Å². The number of hydrogen-bond acceptors (Lipinski definition) is 7. The first-order valence-corrected chi connectivity index (χ1v) is 11.4. The van der Waals surface area contributed by atoms with Crippen LogP contribution in [0, 0.1) is 28.4 Å². The van der Waals surface area contributed by atoms with E-state index in [4.69, 9.17) is 9.47 Å². The Morgan fingerprint density at radius 1 is 1.00 bits per heavy atom. The third kappa shape index (κ3) is 5.50. The molecule has 9 nitrogen and oxygen atoms in total. The zero-order chi connectivity index (χ0) is 27.2. The lowest BCUT2D eigenvalue weighted by Gasteiger charge is -2.11. The van der Waals surface area contributed by atoms with E-state index in [0.29, 0.717) is 16.7 Å². The smallest absolute Gasteiger partial charge is 0.344 e. The average molecular weight is 508 g/mol. The Balaban J connectivity index is 1.57. The Labute approximate surface area is 217 Å². The number of nitrogens with one attached hydrogen (secondary N) is 1. The van der Waals surface area contributed by atoms with Crippen LogP contribution in [0.1, 0.15) is 21.5 Å². The van der Waals surface area contributed by atoms with E-state index in [0.717, 1.165) is 10.8 Å². The van der Waals surface area contributed by atoms with Crippen LogP contribution in [0.3, 0.4) is 0 Å². The third-order valence-corrected chi connectivity index (χ3v) is 5.76. The van der Waals surface area contributed by atoms with Gasteiger partial charge in [-0.3, -0.25) is 14.9 Å². The molecule has 0 bridgehead atoms. The van der Waals surface area contributed by atoms with Gasteiger partial charge in [-0.15, -0.1) is 0 Å². The van der Waals surface area contributed by atoms with E-state index in [2.05, 4.69) is 5.32 Å². The summed E-state index contributed by atoms with van der Waals surface area (Å²) in [4.78, 5) is 36.2. The summed E-state index contributed by atoms with van der Waals surface area (Å²) in [5, 5.41) is 24.8. The van der Waals surface area contributed by atoms with Gasteiger partial charge in [0, 0.05) is 12.1 Å². The summed E-state index contributed by atoms with van der Waals surface area (Å²) in [6.45, 7) is 1.68. The fourth-order valence-electron chi connectivity index (χ4n) is 3.78. The lowest BCUT2D eigenvalue weighted by molar-refractivity contribution is -0.384. The second kappa shape index (κ2) is 11.1. The van der Waals surface area contributed by atoms with Gasteiger partial charge in [0.2, 0.25) is 0 Å². The number of methoxy groups -OCH3 is 1. The number of carbonyl (C=O) groups is 2. The molecule has 0 unspecified atom stereocenters. The van der Waals surface area contributed by atoms with E-state index in [-0.39, 0.29) is 28.4 Å². The summed E-state index contributed by atoms with van der Waals surface area (Å²) in [6, 6.07) is 23.3. The molecule has 4 aromatic rings. The van der Waals surface area contributed by atoms with Gasteiger partial charge in [0.1, 0.15) is 11.6 Å². The summed E-state index contributed by atoms with van der Waals surface area (Å²) >= 11 is 0. The molecule has 0 aliphatic rings. The van der Waals surface area contributed by atoms with Crippen molar-refractivity contribution in [2.24, 2.45) is 0 Å². The highest BCUT2D eigenvalue weighted by atomic mass is 16.6. The lowest BCUT2D eigenvalue weighted by Crippen LogP contribution is -2.14. The van der Waals surface area contributed by atoms with Crippen molar-refractivity contribution in [2.45, 2.75) is 6.92 Å². The number of aryl methyl sites for hydroxylation is 1. The molecular weight excluding hydrogens is 486 g/mol. The number of hydrogen-bond donors (Lipinski definition) is 1. The van der Waals surface area contributed by atoms with Gasteiger partial charge < -0.3 is 14.8 Å². The fourth-order valence-corrected chi connectivity index (χ4v) is 3.78. The molecule has 0 atom stereocenters. The van der Waals surface area contributed by atoms with Crippen LogP contribution >= 0.6 is 0 Å². The largest absolute Gasteiger partial charge is 0.493 e. The number of nitro groups is 1. The zero-order valence-electron chi connectivity index (χ0n) is 20.4. The fraction of sp³-hybridized carbons (Fsp3) is 0.0690. The average Bonchev–Trinajstić information content (AvgIpc) is 2.92. The SMILES string of the molecule is COc1cc(/C=C(\C#N)C(=O)Nc2cc([N+](=O)[O-])ccc2C)ccc1OC(=O)c1cccc2ccccc12. The number of esters is 1. The number of ether oxygens (including phenoxy) is 2. The van der Waals surface area contributed by atoms with E-state index >= 15 is 0 Å². The molecule has 0 aliphatic carbocycles. The molecule has 0 fully saturated rings. The van der Waals surface area contributed by atoms with E-state index in [1.165, 1.54) is 43.5 Å². The number of non-ortho nitro benzene ring substituents is 1. The van der Waals surface area contributed by atoms with Crippen molar-refractivity contribution in [2.75, 3.05) is 12.4 Å². The highest BCUT2D eigenvalue weighted by Gasteiger charge is 2.17. The van der Waals surface area contributed by atoms with Crippen LogP contribution in [0.2, 0.25) is 0 Å². The molecule has 4 rings (SSSR count). The van der Waals surface area contributed by atoms with Gasteiger partial charge in [-0.25, -0.2) is 4.79 Å². The molecule has 4 aromatic carbocycles. The van der Waals surface area contributed by atoms with Gasteiger partial charge in [0.15, 0.2) is 11.5 Å². The maximum Gasteiger partial charge on any atom is 0.344 e. The minimum absolute atomic E-state index is 0.165. The highest BCUT2D eigenvalue weighted by molar-refractivity contribution is 6.10. The number of carbonyl (C=O) groups excluding carboxylic acids is 2. The first kappa shape index (κ1) is 25.6. The van der Waals surface area contributed by atoms with Crippen LogP contribution in [-0.4, -0.2) is 23.9 Å². The Bertz CT molecular complexity index is 1650. The normalized spacial score (nSPS) is 10.9. The number of nitrogens with zero attached hydrogens (tertiary/aromatic N) is 2. The van der Waals surface area contributed by atoms with Crippen LogP contribution in [-0.2, 0) is 4.79 Å². The van der Waals surface area contributed by atoms with E-state index < -0.39 is 16.8 Å². The number of anilines is 1. The number of nitriles is 1. The van der Waals surface area contributed by atoms with Gasteiger partial charge in [0.05, 0.1) is 23.3 Å². The van der Waals surface area contributed by atoms with Gasteiger partial charge in [0.25, 0.3) is 11.6 Å². The maximum absolute atomic E-state index is 12.9. The predicted octanol–water partition coefficient (Wildman–Crippen LogP) is 5.83. The lowest BCUT2D eigenvalue weighted by atomic mass is 10.0. The summed E-state index contributed by atoms with van der Waals surface area (Å²) in [6.07, 6.45) is 1.33. The first-order valence-electron chi connectivity index (χ1n) is 11.4. The van der Waals surface area contributed by atoms with Crippen LogP contribution in [0.15, 0.2) is 84.4 Å². The Morgan fingerprint density at radius 2 is 1.76 bits per heavy atom. The van der Waals surface area contributed by atoms with Crippen LogP contribution in [0.25, 0.3) is 16.8 Å². The molecular formula is C29H21N3O6. The number of benzene rings is 4. The van der Waals surface area contributed by atoms with Gasteiger partial charge in [-0.05, 0) is 53.1 Å². The summed E-state index contributed by atoms with van der Waals surface area (Å²) in [7, 11) is 1.40. The van der Waals surface area contributed by atoms with Crippen molar-refractivity contribution < 1.29 is 24.0 Å². The van der Waals surface area contributed by atoms with Gasteiger partial charge in [-0.2, -0.15) is 5.26 Å². The highest BCUT2D eigenvalue weighted by Crippen LogP contribution is 2.31. The van der Waals surface area contributed by atoms with Crippen molar-refractivity contribution in [1.82, 2.24) is 0 Å². The maximum atomic E-state index is 12.9. The summed E-state index contributed by atoms with van der Waals surface area (Å²) in [5.74, 6) is -0.911. The zero-order valence-corrected chi connectivity index (χ0v) is 20.4. The molecule has 0 radical (unpaired) electrons. The summed E-state index contributed by atoms with van der Waals surface area (Å²) in [5.41, 5.74) is 1.23. The topological polar surface area (TPSA) is 132 Å². The molecule has 188 valence electrons. The second-order valence-corrected chi connectivity index (χ2v) is 8.21. The number of rotatable bonds is 7. The van der Waals surface area contributed by atoms with Crippen LogP contribution < -0.4 is 14.8 Å². The van der Waals surface area contributed by atoms with Crippen molar-refractivity contribution in [3.05, 3.63) is 111 Å². The molecule has 0 aromatic heterocycles. The van der Waals surface area contributed by atoms with E-state index in [1.807, 2.05) is 36.4 Å². The van der Waals surface area contributed by atoms with Crippen molar-refractivity contribution in [1.29, 1.82) is 5.26 Å². The van der Waals surface area contributed by atoms with Gasteiger partial charge >= 0.3 is 5.97 Å². The molecule has 38 heavy (non-hydrogen) atoms. The minimum atomic E-state index is -0.735. The van der Waals surface area contributed by atoms with Crippen molar-refractivity contribution in [3.8, 4) is 17.6 Å². The van der Waals surface area contributed by atoms with E-state index in [9.17, 15) is 25.0 Å². The molecule has 0 heterocycles. The van der Waals surface area contributed by atoms with Crippen molar-refractivity contribution >= 4 is 40.1 Å². The molecule has 0 spiro atoms. The Morgan fingerprint density at radius 3 is 2.50 bits per heavy atom. The van der Waals surface area contributed by atoms with Crippen LogP contribution in [0.4, 0.5) is 11.4 Å². The molecule has 1 N–H and O–H groups in total. The number of amides is 1. The number of fused-ring (bicyclic) bond motifs is 1. The minimum Gasteiger partial charge on any atom is -0.493 e. The third-order valence-electron chi connectivity index (χ3n) is 5.76.